The first kappa shape index (κ1) is 18.4. The van der Waals surface area contributed by atoms with E-state index in [2.05, 4.69) is 16.2 Å². The Balaban J connectivity index is 1.67. The first-order chi connectivity index (χ1) is 12.0. The molecule has 0 aliphatic carbocycles. The van der Waals surface area contributed by atoms with E-state index in [1.54, 1.807) is 6.07 Å². The van der Waals surface area contributed by atoms with Gasteiger partial charge in [0.2, 0.25) is 5.91 Å². The van der Waals surface area contributed by atoms with E-state index < -0.39 is 5.91 Å². The van der Waals surface area contributed by atoms with Gasteiger partial charge in [0, 0.05) is 0 Å². The maximum absolute atomic E-state index is 11.8. The average Bonchev–Trinajstić information content (AvgIpc) is 2.59. The molecule has 0 atom stereocenters. The standard InChI is InChI=1S/C18H19N3O3S/c1-13-6-5-9-15(10-13)24-12-17(23)20-21-18(25)19-16(22)11-14-7-3-2-4-8-14/h2-10H,11-12H2,1H3,(H,20,23)(H2,19,21,22,25). The Morgan fingerprint density at radius 3 is 2.48 bits per heavy atom. The number of ether oxygens (including phenoxy) is 1. The molecule has 0 aromatic heterocycles. The van der Waals surface area contributed by atoms with Crippen LogP contribution in [0.2, 0.25) is 0 Å². The zero-order chi connectivity index (χ0) is 18.1. The van der Waals surface area contributed by atoms with Crippen LogP contribution < -0.4 is 20.9 Å². The van der Waals surface area contributed by atoms with Gasteiger partial charge >= 0.3 is 0 Å². The van der Waals surface area contributed by atoms with Crippen LogP contribution >= 0.6 is 12.2 Å². The zero-order valence-electron chi connectivity index (χ0n) is 13.7. The lowest BCUT2D eigenvalue weighted by molar-refractivity contribution is -0.124. The molecule has 25 heavy (non-hydrogen) atoms. The molecule has 0 radical (unpaired) electrons. The molecule has 0 bridgehead atoms. The summed E-state index contributed by atoms with van der Waals surface area (Å²) in [5.74, 6) is -0.0796. The highest BCUT2D eigenvalue weighted by Crippen LogP contribution is 2.11. The van der Waals surface area contributed by atoms with Crippen LogP contribution in [0, 0.1) is 6.92 Å². The molecule has 6 nitrogen and oxygen atoms in total. The molecular weight excluding hydrogens is 338 g/mol. The van der Waals surface area contributed by atoms with E-state index in [-0.39, 0.29) is 24.0 Å². The van der Waals surface area contributed by atoms with Crippen LogP contribution in [0.3, 0.4) is 0 Å². The minimum Gasteiger partial charge on any atom is -0.484 e. The van der Waals surface area contributed by atoms with E-state index in [0.29, 0.717) is 5.75 Å². The Morgan fingerprint density at radius 2 is 1.76 bits per heavy atom. The van der Waals surface area contributed by atoms with E-state index in [4.69, 9.17) is 17.0 Å². The molecule has 0 saturated heterocycles. The van der Waals surface area contributed by atoms with Crippen molar-refractivity contribution in [1.82, 2.24) is 16.2 Å². The van der Waals surface area contributed by atoms with Crippen molar-refractivity contribution < 1.29 is 14.3 Å². The smallest absolute Gasteiger partial charge is 0.276 e. The van der Waals surface area contributed by atoms with Gasteiger partial charge in [-0.25, -0.2) is 0 Å². The van der Waals surface area contributed by atoms with Gasteiger partial charge in [-0.3, -0.25) is 20.4 Å². The third-order valence-corrected chi connectivity index (χ3v) is 3.34. The average molecular weight is 357 g/mol. The van der Waals surface area contributed by atoms with Crippen molar-refractivity contribution in [2.75, 3.05) is 6.61 Å². The molecule has 2 amide bonds. The lowest BCUT2D eigenvalue weighted by atomic mass is 10.1. The van der Waals surface area contributed by atoms with Gasteiger partial charge in [-0.05, 0) is 42.4 Å². The molecule has 3 N–H and O–H groups in total. The van der Waals surface area contributed by atoms with Gasteiger partial charge in [0.15, 0.2) is 11.7 Å². The molecule has 0 aliphatic heterocycles. The van der Waals surface area contributed by atoms with Gasteiger partial charge in [0.25, 0.3) is 5.91 Å². The number of hydrogen-bond acceptors (Lipinski definition) is 4. The van der Waals surface area contributed by atoms with Crippen molar-refractivity contribution in [2.24, 2.45) is 0 Å². The second-order valence-electron chi connectivity index (χ2n) is 5.32. The highest BCUT2D eigenvalue weighted by molar-refractivity contribution is 7.80. The number of hydrogen-bond donors (Lipinski definition) is 3. The molecule has 2 aromatic rings. The van der Waals surface area contributed by atoms with Crippen molar-refractivity contribution in [2.45, 2.75) is 13.3 Å². The third-order valence-electron chi connectivity index (χ3n) is 3.14. The number of amides is 2. The van der Waals surface area contributed by atoms with Crippen molar-refractivity contribution in [1.29, 1.82) is 0 Å². The first-order valence-corrected chi connectivity index (χ1v) is 8.06. The fourth-order valence-corrected chi connectivity index (χ4v) is 2.16. The number of hydrazine groups is 1. The van der Waals surface area contributed by atoms with Crippen LogP contribution in [0.15, 0.2) is 54.6 Å². The normalized spacial score (nSPS) is 9.80. The highest BCUT2D eigenvalue weighted by Gasteiger charge is 2.07. The third kappa shape index (κ3) is 7.01. The number of benzene rings is 2. The molecule has 130 valence electrons. The Morgan fingerprint density at radius 1 is 1.00 bits per heavy atom. The summed E-state index contributed by atoms with van der Waals surface area (Å²) in [6, 6.07) is 16.7. The summed E-state index contributed by atoms with van der Waals surface area (Å²) in [5.41, 5.74) is 6.75. The molecule has 2 rings (SSSR count). The van der Waals surface area contributed by atoms with Crippen molar-refractivity contribution in [3.8, 4) is 5.75 Å². The Hall–Kier alpha value is -2.93. The van der Waals surface area contributed by atoms with Gasteiger partial charge in [0.1, 0.15) is 5.75 Å². The van der Waals surface area contributed by atoms with Crippen molar-refractivity contribution in [3.05, 3.63) is 65.7 Å². The molecule has 2 aromatic carbocycles. The Bertz CT molecular complexity index is 750. The van der Waals surface area contributed by atoms with Gasteiger partial charge in [0.05, 0.1) is 6.42 Å². The van der Waals surface area contributed by atoms with Crippen LogP contribution in [0.25, 0.3) is 0 Å². The molecule has 0 aliphatic rings. The molecule has 0 heterocycles. The molecule has 0 saturated carbocycles. The largest absolute Gasteiger partial charge is 0.484 e. The summed E-state index contributed by atoms with van der Waals surface area (Å²) >= 11 is 4.96. The first-order valence-electron chi connectivity index (χ1n) is 7.65. The number of rotatable bonds is 5. The maximum Gasteiger partial charge on any atom is 0.276 e. The SMILES string of the molecule is Cc1cccc(OCC(=O)NNC(=S)NC(=O)Cc2ccccc2)c1. The van der Waals surface area contributed by atoms with Gasteiger partial charge in [-0.1, -0.05) is 42.5 Å². The van der Waals surface area contributed by atoms with Crippen molar-refractivity contribution >= 4 is 29.1 Å². The minimum absolute atomic E-state index is 0.0184. The Kier molecular flexibility index (Phi) is 6.91. The number of carbonyl (C=O) groups is 2. The monoisotopic (exact) mass is 357 g/mol. The predicted octanol–water partition coefficient (Wildman–Crippen LogP) is 1.64. The van der Waals surface area contributed by atoms with E-state index in [1.165, 1.54) is 0 Å². The minimum atomic E-state index is -0.416. The second-order valence-corrected chi connectivity index (χ2v) is 5.73. The maximum atomic E-state index is 11.8. The molecule has 7 heteroatoms. The van der Waals surface area contributed by atoms with Crippen LogP contribution in [-0.4, -0.2) is 23.5 Å². The summed E-state index contributed by atoms with van der Waals surface area (Å²) < 4.78 is 5.36. The summed E-state index contributed by atoms with van der Waals surface area (Å²) in [4.78, 5) is 23.5. The lowest BCUT2D eigenvalue weighted by Gasteiger charge is -2.11. The number of carbonyl (C=O) groups excluding carboxylic acids is 2. The fourth-order valence-electron chi connectivity index (χ4n) is 2.00. The summed E-state index contributed by atoms with van der Waals surface area (Å²) in [6.45, 7) is 1.77. The van der Waals surface area contributed by atoms with Gasteiger partial charge in [-0.15, -0.1) is 0 Å². The van der Waals surface area contributed by atoms with Crippen molar-refractivity contribution in [3.63, 3.8) is 0 Å². The van der Waals surface area contributed by atoms with Crippen LogP contribution in [-0.2, 0) is 16.0 Å². The van der Waals surface area contributed by atoms with E-state index in [9.17, 15) is 9.59 Å². The number of thiocarbonyl (C=S) groups is 1. The van der Waals surface area contributed by atoms with Gasteiger partial charge in [-0.2, -0.15) is 0 Å². The van der Waals surface area contributed by atoms with Crippen LogP contribution in [0.5, 0.6) is 5.75 Å². The number of aryl methyl sites for hydroxylation is 1. The van der Waals surface area contributed by atoms with Crippen LogP contribution in [0.4, 0.5) is 0 Å². The molecular formula is C18H19N3O3S. The summed E-state index contributed by atoms with van der Waals surface area (Å²) in [7, 11) is 0. The fraction of sp³-hybridized carbons (Fsp3) is 0.167. The second kappa shape index (κ2) is 9.39. The lowest BCUT2D eigenvalue weighted by Crippen LogP contribution is -2.49. The molecule has 0 spiro atoms. The topological polar surface area (TPSA) is 79.5 Å². The zero-order valence-corrected chi connectivity index (χ0v) is 14.6. The van der Waals surface area contributed by atoms with E-state index >= 15 is 0 Å². The van der Waals surface area contributed by atoms with E-state index in [0.717, 1.165) is 11.1 Å². The Labute approximate surface area is 151 Å². The summed E-state index contributed by atoms with van der Waals surface area (Å²) in [6.07, 6.45) is 0.201. The molecule has 0 unspecified atom stereocenters. The quantitative estimate of drug-likeness (QED) is 0.560. The number of nitrogens with one attached hydrogen (secondary N) is 3. The highest BCUT2D eigenvalue weighted by atomic mass is 32.1. The predicted molar refractivity (Wildman–Crippen MR) is 98.8 cm³/mol. The van der Waals surface area contributed by atoms with Gasteiger partial charge < -0.3 is 10.1 Å². The molecule has 0 fully saturated rings. The summed E-state index contributed by atoms with van der Waals surface area (Å²) in [5, 5.41) is 2.51. The van der Waals surface area contributed by atoms with E-state index in [1.807, 2.05) is 55.5 Å². The van der Waals surface area contributed by atoms with Crippen LogP contribution in [0.1, 0.15) is 11.1 Å².